The lowest BCUT2D eigenvalue weighted by molar-refractivity contribution is 0.0682. The van der Waals surface area contributed by atoms with Crippen molar-refractivity contribution in [3.8, 4) is 11.5 Å². The second-order valence-electron chi connectivity index (χ2n) is 19.9. The Morgan fingerprint density at radius 3 is 1.51 bits per heavy atom. The topological polar surface area (TPSA) is 136 Å². The van der Waals surface area contributed by atoms with Crippen molar-refractivity contribution in [2.24, 2.45) is 5.73 Å². The van der Waals surface area contributed by atoms with Gasteiger partial charge in [-0.3, -0.25) is 9.59 Å². The molecule has 5 aromatic carbocycles. The first kappa shape index (κ1) is 53.7. The number of likely N-dealkylation sites (N-methyl/N-ethyl adjacent to an activating group) is 2. The van der Waals surface area contributed by atoms with E-state index in [0.717, 1.165) is 134 Å². The number of methoxy groups -OCH3 is 2. The van der Waals surface area contributed by atoms with Gasteiger partial charge in [-0.15, -0.1) is 0 Å². The van der Waals surface area contributed by atoms with Crippen LogP contribution in [-0.4, -0.2) is 130 Å². The summed E-state index contributed by atoms with van der Waals surface area (Å²) < 4.78 is 16.3. The SMILES string of the molecule is CCN1CCN(c2cccc3c2CN([C@H](CCCN)c2ccc(OC)c(C)c2)C3=O)CC1.CCN1CCN(c2cccc3c2CN([C@H](CCCNC(=O)OCc2ccccc2)c2ccc(OC)c(C)c2)C3=O)CC1. The fourth-order valence-corrected chi connectivity index (χ4v) is 11.2. The molecule has 14 heteroatoms. The van der Waals surface area contributed by atoms with Gasteiger partial charge in [0.1, 0.15) is 18.1 Å². The number of anilines is 2. The van der Waals surface area contributed by atoms with Crippen LogP contribution < -0.4 is 30.3 Å². The molecule has 394 valence electrons. The van der Waals surface area contributed by atoms with Crippen LogP contribution in [0.1, 0.15) is 111 Å². The number of fused-ring (bicyclic) bond motifs is 2. The Morgan fingerprint density at radius 2 is 1.08 bits per heavy atom. The lowest BCUT2D eigenvalue weighted by Gasteiger charge is -2.36. The summed E-state index contributed by atoms with van der Waals surface area (Å²) >= 11 is 0. The van der Waals surface area contributed by atoms with Gasteiger partial charge in [-0.25, -0.2) is 4.79 Å². The number of ether oxygens (including phenoxy) is 3. The number of carbonyl (C=O) groups is 3. The van der Waals surface area contributed by atoms with E-state index in [9.17, 15) is 14.4 Å². The number of nitrogens with zero attached hydrogens (tertiary/aromatic N) is 6. The predicted octanol–water partition coefficient (Wildman–Crippen LogP) is 9.13. The number of piperazine rings is 2. The molecule has 4 aliphatic heterocycles. The van der Waals surface area contributed by atoms with Crippen LogP contribution in [0.3, 0.4) is 0 Å². The molecule has 0 spiro atoms. The van der Waals surface area contributed by atoms with Gasteiger partial charge in [-0.2, -0.15) is 0 Å². The first-order valence-electron chi connectivity index (χ1n) is 26.8. The summed E-state index contributed by atoms with van der Waals surface area (Å²) in [5.41, 5.74) is 17.5. The van der Waals surface area contributed by atoms with Gasteiger partial charge in [0.2, 0.25) is 0 Å². The molecule has 0 radical (unpaired) electrons. The van der Waals surface area contributed by atoms with Crippen molar-refractivity contribution in [1.29, 1.82) is 0 Å². The molecule has 2 atom stereocenters. The lowest BCUT2D eigenvalue weighted by atomic mass is 9.98. The summed E-state index contributed by atoms with van der Waals surface area (Å²) in [5.74, 6) is 1.89. The molecule has 2 fully saturated rings. The number of hydrogen-bond donors (Lipinski definition) is 2. The molecule has 4 aliphatic rings. The van der Waals surface area contributed by atoms with E-state index in [1.807, 2.05) is 83.5 Å². The maximum atomic E-state index is 13.9. The minimum absolute atomic E-state index is 0.00726. The Morgan fingerprint density at radius 1 is 0.608 bits per heavy atom. The fourth-order valence-electron chi connectivity index (χ4n) is 11.2. The molecular formula is C60H78N8O6. The van der Waals surface area contributed by atoms with Crippen molar-refractivity contribution in [2.45, 2.75) is 85.2 Å². The molecule has 3 N–H and O–H groups in total. The number of nitrogens with two attached hydrogens (primary N) is 1. The third-order valence-electron chi connectivity index (χ3n) is 15.4. The highest BCUT2D eigenvalue weighted by atomic mass is 16.5. The summed E-state index contributed by atoms with van der Waals surface area (Å²) in [6.07, 6.45) is 2.69. The fraction of sp³-hybridized carbons (Fsp3) is 0.450. The zero-order chi connectivity index (χ0) is 52.1. The highest BCUT2D eigenvalue weighted by molar-refractivity contribution is 6.01. The summed E-state index contributed by atoms with van der Waals surface area (Å²) in [4.78, 5) is 53.6. The van der Waals surface area contributed by atoms with Crippen LogP contribution in [0.15, 0.2) is 103 Å². The van der Waals surface area contributed by atoms with Crippen LogP contribution in [-0.2, 0) is 24.4 Å². The molecule has 2 saturated heterocycles. The second-order valence-corrected chi connectivity index (χ2v) is 19.9. The van der Waals surface area contributed by atoms with Crippen LogP contribution in [0.4, 0.5) is 16.2 Å². The first-order chi connectivity index (χ1) is 36.0. The summed E-state index contributed by atoms with van der Waals surface area (Å²) in [7, 11) is 3.36. The molecule has 74 heavy (non-hydrogen) atoms. The largest absolute Gasteiger partial charge is 0.496 e. The van der Waals surface area contributed by atoms with E-state index in [2.05, 4.69) is 82.1 Å². The maximum Gasteiger partial charge on any atom is 0.407 e. The van der Waals surface area contributed by atoms with E-state index < -0.39 is 6.09 Å². The van der Waals surface area contributed by atoms with E-state index in [1.54, 1.807) is 14.2 Å². The number of amides is 3. The Hall–Kier alpha value is -6.61. The molecule has 0 saturated carbocycles. The molecule has 4 heterocycles. The monoisotopic (exact) mass is 1010 g/mol. The molecule has 3 amide bonds. The first-order valence-corrected chi connectivity index (χ1v) is 26.8. The minimum atomic E-state index is -0.437. The Kier molecular flexibility index (Phi) is 18.5. The Bertz CT molecular complexity index is 2680. The lowest BCUT2D eigenvalue weighted by Crippen LogP contribution is -2.46. The van der Waals surface area contributed by atoms with Crippen LogP contribution in [0.25, 0.3) is 0 Å². The zero-order valence-electron chi connectivity index (χ0n) is 44.6. The number of alkyl carbamates (subject to hydrolysis) is 1. The average Bonchev–Trinajstić information content (AvgIpc) is 3.96. The van der Waals surface area contributed by atoms with Gasteiger partial charge in [0.25, 0.3) is 11.8 Å². The molecule has 5 aromatic rings. The van der Waals surface area contributed by atoms with Crippen molar-refractivity contribution in [3.05, 3.63) is 153 Å². The van der Waals surface area contributed by atoms with Crippen molar-refractivity contribution < 1.29 is 28.6 Å². The van der Waals surface area contributed by atoms with Gasteiger partial charge in [0.05, 0.1) is 26.3 Å². The Labute approximate surface area is 439 Å². The van der Waals surface area contributed by atoms with Gasteiger partial charge in [-0.1, -0.05) is 80.6 Å². The van der Waals surface area contributed by atoms with Gasteiger partial charge in [0.15, 0.2) is 0 Å². The quantitative estimate of drug-likeness (QED) is 0.0767. The normalized spacial score (nSPS) is 16.6. The van der Waals surface area contributed by atoms with Crippen molar-refractivity contribution in [2.75, 3.05) is 103 Å². The molecule has 0 aromatic heterocycles. The van der Waals surface area contributed by atoms with Gasteiger partial charge >= 0.3 is 6.09 Å². The number of aryl methyl sites for hydroxylation is 2. The third-order valence-corrected chi connectivity index (χ3v) is 15.4. The maximum absolute atomic E-state index is 13.9. The number of rotatable bonds is 19. The zero-order valence-corrected chi connectivity index (χ0v) is 44.6. The number of benzene rings is 5. The average molecular weight is 1010 g/mol. The smallest absolute Gasteiger partial charge is 0.407 e. The Balaban J connectivity index is 0.000000204. The van der Waals surface area contributed by atoms with E-state index >= 15 is 0 Å². The van der Waals surface area contributed by atoms with Crippen molar-refractivity contribution >= 4 is 29.3 Å². The van der Waals surface area contributed by atoms with Gasteiger partial charge < -0.3 is 54.7 Å². The summed E-state index contributed by atoms with van der Waals surface area (Å²) in [5, 5.41) is 2.87. The third kappa shape index (κ3) is 12.5. The molecule has 0 unspecified atom stereocenters. The highest BCUT2D eigenvalue weighted by Crippen LogP contribution is 2.41. The minimum Gasteiger partial charge on any atom is -0.496 e. The molecule has 14 nitrogen and oxygen atoms in total. The summed E-state index contributed by atoms with van der Waals surface area (Å²) in [6, 6.07) is 34.2. The molecule has 0 bridgehead atoms. The van der Waals surface area contributed by atoms with Crippen molar-refractivity contribution in [3.63, 3.8) is 0 Å². The van der Waals surface area contributed by atoms with Crippen LogP contribution in [0.2, 0.25) is 0 Å². The van der Waals surface area contributed by atoms with Gasteiger partial charge in [-0.05, 0) is 123 Å². The van der Waals surface area contributed by atoms with E-state index in [4.69, 9.17) is 19.9 Å². The number of hydrogen-bond acceptors (Lipinski definition) is 11. The second kappa shape index (κ2) is 25.6. The van der Waals surface area contributed by atoms with E-state index in [1.165, 1.54) is 16.9 Å². The standard InChI is InChI=1S/C34H42N4O4.C26H36N4O2/c1-4-36-18-20-37(21-19-36)31-13-8-12-28-29(31)23-38(33(28)39)30(27-15-16-32(41-3)25(2)22-27)14-9-17-35-34(40)42-24-26-10-6-5-7-11-26;1-4-28-13-15-29(16-14-28)24-8-5-7-21-22(24)18-30(26(21)31)23(9-6-12-27)20-10-11-25(32-3)19(2)17-20/h5-8,10-13,15-16,22,30H,4,9,14,17-21,23-24H2,1-3H3,(H,35,40);5,7-8,10-11,17,23H,4,6,9,12-16,18,27H2,1-3H3/t30-;23-/m11/s1. The predicted molar refractivity (Wildman–Crippen MR) is 294 cm³/mol. The van der Waals surface area contributed by atoms with E-state index in [0.29, 0.717) is 39.0 Å². The van der Waals surface area contributed by atoms with Crippen LogP contribution in [0, 0.1) is 13.8 Å². The molecular weight excluding hydrogens is 929 g/mol. The van der Waals surface area contributed by atoms with E-state index in [-0.39, 0.29) is 30.5 Å². The number of carbonyl (C=O) groups excluding carboxylic acids is 3. The van der Waals surface area contributed by atoms with Crippen LogP contribution in [0.5, 0.6) is 11.5 Å². The number of nitrogens with one attached hydrogen (secondary N) is 1. The van der Waals surface area contributed by atoms with Crippen molar-refractivity contribution in [1.82, 2.24) is 24.9 Å². The summed E-state index contributed by atoms with van der Waals surface area (Å²) in [6.45, 7) is 21.3. The van der Waals surface area contributed by atoms with Gasteiger partial charge in [0, 0.05) is 106 Å². The molecule has 9 rings (SSSR count). The molecule has 0 aliphatic carbocycles. The van der Waals surface area contributed by atoms with Crippen LogP contribution >= 0.6 is 0 Å². The highest BCUT2D eigenvalue weighted by Gasteiger charge is 2.38.